The molecular formula is C14H12BrFO2S. The highest BCUT2D eigenvalue weighted by Gasteiger charge is 2.07. The molecule has 0 unspecified atom stereocenters. The number of rotatable bonds is 6. The van der Waals surface area contributed by atoms with Crippen LogP contribution in [0, 0.1) is 5.82 Å². The highest BCUT2D eigenvalue weighted by atomic mass is 79.9. The van der Waals surface area contributed by atoms with Crippen LogP contribution in [0.4, 0.5) is 4.39 Å². The number of carbonyl (C=O) groups is 1. The average Bonchev–Trinajstić information content (AvgIpc) is 2.92. The maximum absolute atomic E-state index is 13.4. The summed E-state index contributed by atoms with van der Waals surface area (Å²) >= 11 is 4.69. The molecule has 1 aromatic carbocycles. The van der Waals surface area contributed by atoms with Crippen LogP contribution in [0.15, 0.2) is 40.2 Å². The van der Waals surface area contributed by atoms with E-state index in [0.29, 0.717) is 19.4 Å². The standard InChI is InChI=1S/C14H12BrFO2S/c15-10-5-6-11(16)13(9-10)18-7-1-3-12(17)14-4-2-8-19-14/h2,4-6,8-9H,1,3,7H2. The van der Waals surface area contributed by atoms with Gasteiger partial charge in [0.05, 0.1) is 11.5 Å². The van der Waals surface area contributed by atoms with Crippen molar-refractivity contribution < 1.29 is 13.9 Å². The lowest BCUT2D eigenvalue weighted by molar-refractivity contribution is 0.0977. The number of benzene rings is 1. The predicted octanol–water partition coefficient (Wildman–Crippen LogP) is 4.69. The molecule has 0 atom stereocenters. The van der Waals surface area contributed by atoms with Gasteiger partial charge in [0.15, 0.2) is 17.3 Å². The summed E-state index contributed by atoms with van der Waals surface area (Å²) in [4.78, 5) is 12.5. The lowest BCUT2D eigenvalue weighted by Gasteiger charge is -2.07. The molecule has 0 aliphatic heterocycles. The third-order valence-electron chi connectivity index (χ3n) is 2.49. The maximum Gasteiger partial charge on any atom is 0.172 e. The van der Waals surface area contributed by atoms with E-state index >= 15 is 0 Å². The number of ketones is 1. The van der Waals surface area contributed by atoms with Crippen molar-refractivity contribution in [3.05, 3.63) is 50.9 Å². The van der Waals surface area contributed by atoms with Crippen molar-refractivity contribution in [1.82, 2.24) is 0 Å². The molecule has 2 nitrogen and oxygen atoms in total. The lowest BCUT2D eigenvalue weighted by atomic mass is 10.2. The zero-order valence-electron chi connectivity index (χ0n) is 10.1. The van der Waals surface area contributed by atoms with Gasteiger partial charge < -0.3 is 4.74 Å². The Hall–Kier alpha value is -1.20. The Morgan fingerprint density at radius 1 is 1.37 bits per heavy atom. The van der Waals surface area contributed by atoms with Gasteiger partial charge in [0.1, 0.15) is 0 Å². The van der Waals surface area contributed by atoms with E-state index in [1.165, 1.54) is 17.4 Å². The Labute approximate surface area is 123 Å². The summed E-state index contributed by atoms with van der Waals surface area (Å²) in [5.41, 5.74) is 0. The minimum absolute atomic E-state index is 0.105. The zero-order chi connectivity index (χ0) is 13.7. The van der Waals surface area contributed by atoms with Crippen LogP contribution in [0.3, 0.4) is 0 Å². The second-order valence-corrected chi connectivity index (χ2v) is 5.79. The van der Waals surface area contributed by atoms with Crippen molar-refractivity contribution in [1.29, 1.82) is 0 Å². The Morgan fingerprint density at radius 2 is 2.21 bits per heavy atom. The smallest absolute Gasteiger partial charge is 0.172 e. The molecule has 1 heterocycles. The topological polar surface area (TPSA) is 26.3 Å². The summed E-state index contributed by atoms with van der Waals surface area (Å²) in [6, 6.07) is 8.20. The highest BCUT2D eigenvalue weighted by molar-refractivity contribution is 9.10. The molecule has 5 heteroatoms. The van der Waals surface area contributed by atoms with E-state index in [0.717, 1.165) is 9.35 Å². The fourth-order valence-corrected chi connectivity index (χ4v) is 2.60. The average molecular weight is 343 g/mol. The first-order valence-corrected chi connectivity index (χ1v) is 7.48. The van der Waals surface area contributed by atoms with E-state index in [2.05, 4.69) is 15.9 Å². The number of ether oxygens (including phenoxy) is 1. The van der Waals surface area contributed by atoms with Crippen molar-refractivity contribution in [2.24, 2.45) is 0 Å². The van der Waals surface area contributed by atoms with Gasteiger partial charge in [-0.2, -0.15) is 0 Å². The normalized spacial score (nSPS) is 10.4. The molecule has 0 aliphatic rings. The first kappa shape index (κ1) is 14.2. The second kappa shape index (κ2) is 6.82. The van der Waals surface area contributed by atoms with Crippen LogP contribution in [0.1, 0.15) is 22.5 Å². The van der Waals surface area contributed by atoms with Crippen LogP contribution in [0.25, 0.3) is 0 Å². The van der Waals surface area contributed by atoms with E-state index in [4.69, 9.17) is 4.74 Å². The van der Waals surface area contributed by atoms with Crippen LogP contribution in [-0.2, 0) is 0 Å². The van der Waals surface area contributed by atoms with E-state index in [-0.39, 0.29) is 11.5 Å². The monoisotopic (exact) mass is 342 g/mol. The number of thiophene rings is 1. The third kappa shape index (κ3) is 4.14. The fraction of sp³-hybridized carbons (Fsp3) is 0.214. The van der Waals surface area contributed by atoms with Crippen molar-refractivity contribution in [3.8, 4) is 5.75 Å². The molecule has 0 fully saturated rings. The van der Waals surface area contributed by atoms with E-state index in [1.807, 2.05) is 17.5 Å². The van der Waals surface area contributed by atoms with Crippen LogP contribution in [0.2, 0.25) is 0 Å². The predicted molar refractivity (Wildman–Crippen MR) is 77.5 cm³/mol. The summed E-state index contributed by atoms with van der Waals surface area (Å²) in [6.45, 7) is 0.324. The number of halogens is 2. The minimum atomic E-state index is -0.396. The van der Waals surface area contributed by atoms with Gasteiger partial charge in [-0.3, -0.25) is 4.79 Å². The van der Waals surface area contributed by atoms with Crippen molar-refractivity contribution >= 4 is 33.0 Å². The number of hydrogen-bond acceptors (Lipinski definition) is 3. The van der Waals surface area contributed by atoms with Crippen LogP contribution in [0.5, 0.6) is 5.75 Å². The van der Waals surface area contributed by atoms with Crippen LogP contribution >= 0.6 is 27.3 Å². The highest BCUT2D eigenvalue weighted by Crippen LogP contribution is 2.22. The quantitative estimate of drug-likeness (QED) is 0.562. The molecule has 0 saturated heterocycles. The zero-order valence-corrected chi connectivity index (χ0v) is 12.5. The molecule has 0 bridgehead atoms. The van der Waals surface area contributed by atoms with E-state index in [9.17, 15) is 9.18 Å². The van der Waals surface area contributed by atoms with Crippen LogP contribution < -0.4 is 4.74 Å². The van der Waals surface area contributed by atoms with E-state index < -0.39 is 5.82 Å². The summed E-state index contributed by atoms with van der Waals surface area (Å²) < 4.78 is 19.5. The summed E-state index contributed by atoms with van der Waals surface area (Å²) in [5.74, 6) is -0.0842. The second-order valence-electron chi connectivity index (χ2n) is 3.93. The Bertz CT molecular complexity index is 555. The fourth-order valence-electron chi connectivity index (χ4n) is 1.56. The SMILES string of the molecule is O=C(CCCOc1cc(Br)ccc1F)c1cccs1. The first-order chi connectivity index (χ1) is 9.16. The summed E-state index contributed by atoms with van der Waals surface area (Å²) in [7, 11) is 0. The maximum atomic E-state index is 13.4. The Morgan fingerprint density at radius 3 is 2.95 bits per heavy atom. The molecule has 100 valence electrons. The van der Waals surface area contributed by atoms with Gasteiger partial charge in [-0.15, -0.1) is 11.3 Å². The van der Waals surface area contributed by atoms with Gasteiger partial charge in [0, 0.05) is 10.9 Å². The number of hydrogen-bond donors (Lipinski definition) is 0. The summed E-state index contributed by atoms with van der Waals surface area (Å²) in [6.07, 6.45) is 0.985. The van der Waals surface area contributed by atoms with Gasteiger partial charge >= 0.3 is 0 Å². The van der Waals surface area contributed by atoms with Gasteiger partial charge in [-0.25, -0.2) is 4.39 Å². The summed E-state index contributed by atoms with van der Waals surface area (Å²) in [5, 5.41) is 1.88. The van der Waals surface area contributed by atoms with Crippen molar-refractivity contribution in [3.63, 3.8) is 0 Å². The number of Topliss-reactive ketones (excluding diaryl/α,β-unsaturated/α-hetero) is 1. The molecule has 2 rings (SSSR count). The lowest BCUT2D eigenvalue weighted by Crippen LogP contribution is -2.03. The Balaban J connectivity index is 1.78. The van der Waals surface area contributed by atoms with Gasteiger partial charge in [0.25, 0.3) is 0 Å². The van der Waals surface area contributed by atoms with E-state index in [1.54, 1.807) is 12.1 Å². The van der Waals surface area contributed by atoms with Gasteiger partial charge in [0.2, 0.25) is 0 Å². The molecule has 2 aromatic rings. The van der Waals surface area contributed by atoms with Crippen molar-refractivity contribution in [2.45, 2.75) is 12.8 Å². The minimum Gasteiger partial charge on any atom is -0.490 e. The number of carbonyl (C=O) groups excluding carboxylic acids is 1. The van der Waals surface area contributed by atoms with Crippen LogP contribution in [-0.4, -0.2) is 12.4 Å². The third-order valence-corrected chi connectivity index (χ3v) is 3.90. The van der Waals surface area contributed by atoms with Gasteiger partial charge in [-0.05, 0) is 36.1 Å². The molecule has 19 heavy (non-hydrogen) atoms. The first-order valence-electron chi connectivity index (χ1n) is 5.81. The molecule has 0 spiro atoms. The Kier molecular flexibility index (Phi) is 5.10. The molecule has 0 saturated carbocycles. The molecular weight excluding hydrogens is 331 g/mol. The molecule has 0 aliphatic carbocycles. The molecule has 1 aromatic heterocycles. The van der Waals surface area contributed by atoms with Gasteiger partial charge in [-0.1, -0.05) is 22.0 Å². The molecule has 0 amide bonds. The molecule has 0 radical (unpaired) electrons. The molecule has 0 N–H and O–H groups in total. The van der Waals surface area contributed by atoms with Crippen molar-refractivity contribution in [2.75, 3.05) is 6.61 Å². The largest absolute Gasteiger partial charge is 0.490 e.